The van der Waals surface area contributed by atoms with Gasteiger partial charge in [0.25, 0.3) is 0 Å². The molecule has 1 aromatic heterocycles. The number of rotatable bonds is 4. The van der Waals surface area contributed by atoms with E-state index in [0.717, 1.165) is 0 Å². The first-order valence-corrected chi connectivity index (χ1v) is 5.32. The standard InChI is InChI=1S/C11H12FN5O/c12-8-3-1-2-4-9(8)15-11(18)6-17-7-14-10(5-13)16-17/h1-4,7H,5-6,13H2,(H,15,18). The molecule has 2 aromatic rings. The molecule has 1 aromatic carbocycles. The maximum absolute atomic E-state index is 13.3. The summed E-state index contributed by atoms with van der Waals surface area (Å²) in [7, 11) is 0. The highest BCUT2D eigenvalue weighted by atomic mass is 19.1. The summed E-state index contributed by atoms with van der Waals surface area (Å²) in [5, 5.41) is 6.41. The van der Waals surface area contributed by atoms with E-state index in [4.69, 9.17) is 5.73 Å². The monoisotopic (exact) mass is 249 g/mol. The molecule has 0 unspecified atom stereocenters. The SMILES string of the molecule is NCc1ncn(CC(=O)Nc2ccccc2F)n1. The van der Waals surface area contributed by atoms with Crippen LogP contribution < -0.4 is 11.1 Å². The molecule has 0 atom stereocenters. The van der Waals surface area contributed by atoms with E-state index in [2.05, 4.69) is 15.4 Å². The van der Waals surface area contributed by atoms with E-state index in [9.17, 15) is 9.18 Å². The van der Waals surface area contributed by atoms with Gasteiger partial charge in [0.2, 0.25) is 5.91 Å². The fraction of sp³-hybridized carbons (Fsp3) is 0.182. The Kier molecular flexibility index (Phi) is 3.63. The van der Waals surface area contributed by atoms with Crippen molar-refractivity contribution in [2.24, 2.45) is 5.73 Å². The van der Waals surface area contributed by atoms with Crippen molar-refractivity contribution in [2.45, 2.75) is 13.1 Å². The molecule has 2 rings (SSSR count). The van der Waals surface area contributed by atoms with Crippen LogP contribution in [-0.4, -0.2) is 20.7 Å². The van der Waals surface area contributed by atoms with Gasteiger partial charge in [-0.3, -0.25) is 4.79 Å². The van der Waals surface area contributed by atoms with Gasteiger partial charge in [-0.05, 0) is 12.1 Å². The van der Waals surface area contributed by atoms with E-state index >= 15 is 0 Å². The maximum Gasteiger partial charge on any atom is 0.246 e. The summed E-state index contributed by atoms with van der Waals surface area (Å²) in [5.41, 5.74) is 5.49. The average molecular weight is 249 g/mol. The summed E-state index contributed by atoms with van der Waals surface area (Å²) in [5.74, 6) is -0.408. The third-order valence-corrected chi connectivity index (χ3v) is 2.22. The minimum atomic E-state index is -0.480. The number of aromatic nitrogens is 3. The van der Waals surface area contributed by atoms with E-state index in [1.165, 1.54) is 23.1 Å². The summed E-state index contributed by atoms with van der Waals surface area (Å²) in [6.45, 7) is 0.170. The Morgan fingerprint density at radius 3 is 2.89 bits per heavy atom. The first kappa shape index (κ1) is 12.2. The number of anilines is 1. The number of halogens is 1. The third kappa shape index (κ3) is 2.89. The Balaban J connectivity index is 1.99. The lowest BCUT2D eigenvalue weighted by Gasteiger charge is -2.05. The van der Waals surface area contributed by atoms with Crippen molar-refractivity contribution < 1.29 is 9.18 Å². The van der Waals surface area contributed by atoms with Crippen molar-refractivity contribution in [1.29, 1.82) is 0 Å². The van der Waals surface area contributed by atoms with Crippen LogP contribution in [0.3, 0.4) is 0 Å². The molecular formula is C11H12FN5O. The minimum absolute atomic E-state index is 0.0403. The van der Waals surface area contributed by atoms with Gasteiger partial charge in [0.1, 0.15) is 18.7 Å². The van der Waals surface area contributed by atoms with Gasteiger partial charge in [0.05, 0.1) is 12.2 Å². The molecule has 0 aliphatic rings. The van der Waals surface area contributed by atoms with Gasteiger partial charge >= 0.3 is 0 Å². The van der Waals surface area contributed by atoms with E-state index in [-0.39, 0.29) is 24.7 Å². The van der Waals surface area contributed by atoms with E-state index < -0.39 is 5.82 Å². The Morgan fingerprint density at radius 2 is 2.22 bits per heavy atom. The van der Waals surface area contributed by atoms with Crippen LogP contribution in [0, 0.1) is 5.82 Å². The Hall–Kier alpha value is -2.28. The number of nitrogens with one attached hydrogen (secondary N) is 1. The van der Waals surface area contributed by atoms with Gasteiger partial charge in [0.15, 0.2) is 5.82 Å². The lowest BCUT2D eigenvalue weighted by atomic mass is 10.3. The van der Waals surface area contributed by atoms with Gasteiger partial charge in [-0.1, -0.05) is 12.1 Å². The minimum Gasteiger partial charge on any atom is -0.324 e. The van der Waals surface area contributed by atoms with Crippen LogP contribution in [-0.2, 0) is 17.9 Å². The van der Waals surface area contributed by atoms with Gasteiger partial charge in [-0.15, -0.1) is 0 Å². The van der Waals surface area contributed by atoms with Crippen LogP contribution in [0.5, 0.6) is 0 Å². The molecule has 7 heteroatoms. The molecule has 1 amide bonds. The lowest BCUT2D eigenvalue weighted by molar-refractivity contribution is -0.116. The zero-order chi connectivity index (χ0) is 13.0. The molecule has 6 nitrogen and oxygen atoms in total. The van der Waals surface area contributed by atoms with Crippen molar-refractivity contribution in [3.05, 3.63) is 42.2 Å². The lowest BCUT2D eigenvalue weighted by Crippen LogP contribution is -2.20. The highest BCUT2D eigenvalue weighted by Gasteiger charge is 2.08. The molecule has 0 radical (unpaired) electrons. The first-order valence-electron chi connectivity index (χ1n) is 5.32. The van der Waals surface area contributed by atoms with Crippen molar-refractivity contribution in [3.8, 4) is 0 Å². The molecule has 1 heterocycles. The highest BCUT2D eigenvalue weighted by molar-refractivity contribution is 5.90. The van der Waals surface area contributed by atoms with Gasteiger partial charge < -0.3 is 11.1 Å². The quantitative estimate of drug-likeness (QED) is 0.826. The average Bonchev–Trinajstić information content (AvgIpc) is 2.80. The highest BCUT2D eigenvalue weighted by Crippen LogP contribution is 2.12. The number of carbonyl (C=O) groups excluding carboxylic acids is 1. The molecule has 0 bridgehead atoms. The number of nitrogens with two attached hydrogens (primary N) is 1. The van der Waals surface area contributed by atoms with Crippen LogP contribution >= 0.6 is 0 Å². The molecule has 0 aliphatic heterocycles. The summed E-state index contributed by atoms with van der Waals surface area (Å²) >= 11 is 0. The zero-order valence-corrected chi connectivity index (χ0v) is 9.51. The first-order chi connectivity index (χ1) is 8.69. The topological polar surface area (TPSA) is 85.8 Å². The van der Waals surface area contributed by atoms with Crippen LogP contribution in [0.25, 0.3) is 0 Å². The maximum atomic E-state index is 13.3. The number of benzene rings is 1. The predicted octanol–water partition coefficient (Wildman–Crippen LogP) is 0.515. The number of amides is 1. The van der Waals surface area contributed by atoms with Gasteiger partial charge in [-0.25, -0.2) is 14.1 Å². The Labute approximate surface area is 103 Å². The summed E-state index contributed by atoms with van der Waals surface area (Å²) < 4.78 is 14.6. The zero-order valence-electron chi connectivity index (χ0n) is 9.51. The van der Waals surface area contributed by atoms with Crippen LogP contribution in [0.4, 0.5) is 10.1 Å². The van der Waals surface area contributed by atoms with Crippen molar-refractivity contribution in [1.82, 2.24) is 14.8 Å². The van der Waals surface area contributed by atoms with E-state index in [1.807, 2.05) is 0 Å². The summed E-state index contributed by atoms with van der Waals surface area (Å²) in [6.07, 6.45) is 1.41. The van der Waals surface area contributed by atoms with E-state index in [1.54, 1.807) is 12.1 Å². The van der Waals surface area contributed by atoms with Crippen LogP contribution in [0.15, 0.2) is 30.6 Å². The number of para-hydroxylation sites is 1. The molecule has 0 spiro atoms. The smallest absolute Gasteiger partial charge is 0.246 e. The van der Waals surface area contributed by atoms with Crippen molar-refractivity contribution >= 4 is 11.6 Å². The normalized spacial score (nSPS) is 10.3. The third-order valence-electron chi connectivity index (χ3n) is 2.22. The second-order valence-corrected chi connectivity index (χ2v) is 3.59. The molecule has 18 heavy (non-hydrogen) atoms. The fourth-order valence-electron chi connectivity index (χ4n) is 1.40. The summed E-state index contributed by atoms with van der Waals surface area (Å²) in [6, 6.07) is 5.95. The molecule has 0 saturated heterocycles. The van der Waals surface area contributed by atoms with Gasteiger partial charge in [-0.2, -0.15) is 5.10 Å². The number of carbonyl (C=O) groups is 1. The number of hydrogen-bond acceptors (Lipinski definition) is 4. The molecule has 0 saturated carbocycles. The summed E-state index contributed by atoms with van der Waals surface area (Å²) in [4.78, 5) is 15.5. The van der Waals surface area contributed by atoms with E-state index in [0.29, 0.717) is 5.82 Å². The van der Waals surface area contributed by atoms with Crippen molar-refractivity contribution in [2.75, 3.05) is 5.32 Å². The molecule has 3 N–H and O–H groups in total. The second-order valence-electron chi connectivity index (χ2n) is 3.59. The Morgan fingerprint density at radius 1 is 1.44 bits per heavy atom. The van der Waals surface area contributed by atoms with Gasteiger partial charge in [0, 0.05) is 0 Å². The largest absolute Gasteiger partial charge is 0.324 e. The van der Waals surface area contributed by atoms with Crippen molar-refractivity contribution in [3.63, 3.8) is 0 Å². The van der Waals surface area contributed by atoms with Crippen LogP contribution in [0.1, 0.15) is 5.82 Å². The fourth-order valence-corrected chi connectivity index (χ4v) is 1.40. The molecule has 0 fully saturated rings. The molecule has 0 aliphatic carbocycles. The second kappa shape index (κ2) is 5.37. The Bertz CT molecular complexity index is 554. The molecule has 94 valence electrons. The number of hydrogen-bond donors (Lipinski definition) is 2. The molecular weight excluding hydrogens is 237 g/mol. The van der Waals surface area contributed by atoms with Crippen LogP contribution in [0.2, 0.25) is 0 Å². The number of nitrogens with zero attached hydrogens (tertiary/aromatic N) is 3. The predicted molar refractivity (Wildman–Crippen MR) is 62.9 cm³/mol.